The maximum atomic E-state index is 12.5. The summed E-state index contributed by atoms with van der Waals surface area (Å²) >= 11 is 0. The Labute approximate surface area is 109 Å². The predicted octanol–water partition coefficient (Wildman–Crippen LogP) is 0.890. The lowest BCUT2D eigenvalue weighted by Gasteiger charge is -2.26. The molecule has 3 rings (SSSR count). The van der Waals surface area contributed by atoms with Crippen molar-refractivity contribution < 1.29 is 9.90 Å². The van der Waals surface area contributed by atoms with Gasteiger partial charge in [0.1, 0.15) is 0 Å². The van der Waals surface area contributed by atoms with E-state index in [1.807, 2.05) is 4.90 Å². The molecule has 1 amide bonds. The molecule has 3 fully saturated rings. The van der Waals surface area contributed by atoms with E-state index in [0.29, 0.717) is 12.0 Å². The topological polar surface area (TPSA) is 52.6 Å². The van der Waals surface area contributed by atoms with Gasteiger partial charge in [-0.05, 0) is 38.0 Å². The van der Waals surface area contributed by atoms with Gasteiger partial charge in [0.15, 0.2) is 0 Å². The number of nitrogens with one attached hydrogen (secondary N) is 1. The molecule has 0 bridgehead atoms. The van der Waals surface area contributed by atoms with E-state index in [1.165, 1.54) is 25.7 Å². The zero-order valence-corrected chi connectivity index (χ0v) is 11.0. The number of aliphatic hydroxyl groups is 1. The van der Waals surface area contributed by atoms with Crippen molar-refractivity contribution in [1.82, 2.24) is 10.2 Å². The van der Waals surface area contributed by atoms with Crippen LogP contribution in [-0.2, 0) is 4.79 Å². The molecule has 3 unspecified atom stereocenters. The fourth-order valence-corrected chi connectivity index (χ4v) is 4.03. The number of hydrogen-bond acceptors (Lipinski definition) is 3. The maximum Gasteiger partial charge on any atom is 0.240 e. The van der Waals surface area contributed by atoms with Gasteiger partial charge in [0.25, 0.3) is 0 Å². The summed E-state index contributed by atoms with van der Waals surface area (Å²) in [6.07, 6.45) is 8.16. The lowest BCUT2D eigenvalue weighted by atomic mass is 9.85. The van der Waals surface area contributed by atoms with Gasteiger partial charge in [0.05, 0.1) is 18.7 Å². The second-order valence-electron chi connectivity index (χ2n) is 6.12. The van der Waals surface area contributed by atoms with Crippen molar-refractivity contribution in [3.63, 3.8) is 0 Å². The minimum Gasteiger partial charge on any atom is -0.394 e. The summed E-state index contributed by atoms with van der Waals surface area (Å²) in [5.74, 6) is 0.948. The fraction of sp³-hybridized carbons (Fsp3) is 0.929. The molecule has 0 radical (unpaired) electrons. The summed E-state index contributed by atoms with van der Waals surface area (Å²) in [7, 11) is 0. The summed E-state index contributed by atoms with van der Waals surface area (Å²) < 4.78 is 0. The summed E-state index contributed by atoms with van der Waals surface area (Å²) in [5.41, 5.74) is 0. The highest BCUT2D eigenvalue weighted by molar-refractivity contribution is 5.83. The average molecular weight is 252 g/mol. The van der Waals surface area contributed by atoms with Crippen LogP contribution in [0.3, 0.4) is 0 Å². The maximum absolute atomic E-state index is 12.5. The SMILES string of the molecule is O=C(C1CC2CCCCC2N1)N1CCC[C@H]1CO. The largest absolute Gasteiger partial charge is 0.394 e. The lowest BCUT2D eigenvalue weighted by molar-refractivity contribution is -0.134. The molecule has 1 aliphatic carbocycles. The van der Waals surface area contributed by atoms with E-state index in [4.69, 9.17) is 0 Å². The zero-order chi connectivity index (χ0) is 12.5. The molecule has 4 nitrogen and oxygen atoms in total. The number of amides is 1. The Kier molecular flexibility index (Phi) is 3.57. The smallest absolute Gasteiger partial charge is 0.240 e. The summed E-state index contributed by atoms with van der Waals surface area (Å²) in [5, 5.41) is 12.9. The van der Waals surface area contributed by atoms with Crippen molar-refractivity contribution in [2.45, 2.75) is 63.1 Å². The van der Waals surface area contributed by atoms with Crippen LogP contribution in [-0.4, -0.2) is 47.2 Å². The minimum absolute atomic E-state index is 0.0187. The van der Waals surface area contributed by atoms with E-state index in [1.54, 1.807) is 0 Å². The normalized spacial score (nSPS) is 39.9. The highest BCUT2D eigenvalue weighted by Gasteiger charge is 2.41. The number of carbonyl (C=O) groups excluding carboxylic acids is 1. The van der Waals surface area contributed by atoms with Crippen molar-refractivity contribution in [3.05, 3.63) is 0 Å². The molecule has 2 aliphatic heterocycles. The lowest BCUT2D eigenvalue weighted by Crippen LogP contribution is -2.48. The van der Waals surface area contributed by atoms with Crippen molar-refractivity contribution in [1.29, 1.82) is 0 Å². The van der Waals surface area contributed by atoms with Gasteiger partial charge < -0.3 is 15.3 Å². The molecule has 3 aliphatic rings. The van der Waals surface area contributed by atoms with Crippen molar-refractivity contribution in [3.8, 4) is 0 Å². The first kappa shape index (κ1) is 12.4. The molecule has 2 N–H and O–H groups in total. The number of hydrogen-bond donors (Lipinski definition) is 2. The van der Waals surface area contributed by atoms with E-state index in [-0.39, 0.29) is 24.6 Å². The van der Waals surface area contributed by atoms with E-state index in [2.05, 4.69) is 5.32 Å². The molecule has 18 heavy (non-hydrogen) atoms. The van der Waals surface area contributed by atoms with Crippen molar-refractivity contribution in [2.75, 3.05) is 13.2 Å². The van der Waals surface area contributed by atoms with Gasteiger partial charge in [-0.3, -0.25) is 4.79 Å². The van der Waals surface area contributed by atoms with Crippen LogP contribution in [0.1, 0.15) is 44.9 Å². The van der Waals surface area contributed by atoms with Crippen LogP contribution >= 0.6 is 0 Å². The number of fused-ring (bicyclic) bond motifs is 1. The van der Waals surface area contributed by atoms with E-state index >= 15 is 0 Å². The second kappa shape index (κ2) is 5.17. The van der Waals surface area contributed by atoms with Gasteiger partial charge in [-0.15, -0.1) is 0 Å². The molecular weight excluding hydrogens is 228 g/mol. The average Bonchev–Trinajstić information content (AvgIpc) is 3.03. The van der Waals surface area contributed by atoms with Gasteiger partial charge in [-0.25, -0.2) is 0 Å². The molecule has 0 aromatic rings. The quantitative estimate of drug-likeness (QED) is 0.767. The Morgan fingerprint density at radius 2 is 2.06 bits per heavy atom. The van der Waals surface area contributed by atoms with Crippen LogP contribution in [0.25, 0.3) is 0 Å². The third-order valence-corrected chi connectivity index (χ3v) is 5.03. The summed E-state index contributed by atoms with van der Waals surface area (Å²) in [6.45, 7) is 0.947. The molecule has 0 aromatic carbocycles. The number of aliphatic hydroxyl groups excluding tert-OH is 1. The third-order valence-electron chi connectivity index (χ3n) is 5.03. The van der Waals surface area contributed by atoms with Crippen LogP contribution < -0.4 is 5.32 Å². The molecule has 2 heterocycles. The molecule has 2 saturated heterocycles. The number of nitrogens with zero attached hydrogens (tertiary/aromatic N) is 1. The number of likely N-dealkylation sites (tertiary alicyclic amines) is 1. The Morgan fingerprint density at radius 1 is 1.22 bits per heavy atom. The van der Waals surface area contributed by atoms with Gasteiger partial charge >= 0.3 is 0 Å². The van der Waals surface area contributed by atoms with Crippen molar-refractivity contribution in [2.24, 2.45) is 5.92 Å². The Bertz CT molecular complexity index is 307. The first-order valence-electron chi connectivity index (χ1n) is 7.47. The molecule has 4 heteroatoms. The number of carbonyl (C=O) groups is 1. The Hall–Kier alpha value is -0.610. The third kappa shape index (κ3) is 2.16. The molecule has 0 spiro atoms. The number of rotatable bonds is 2. The monoisotopic (exact) mass is 252 g/mol. The van der Waals surface area contributed by atoms with E-state index in [0.717, 1.165) is 25.8 Å². The minimum atomic E-state index is 0.0187. The highest BCUT2D eigenvalue weighted by atomic mass is 16.3. The summed E-state index contributed by atoms with van der Waals surface area (Å²) in [6, 6.07) is 0.662. The fourth-order valence-electron chi connectivity index (χ4n) is 4.03. The molecule has 102 valence electrons. The molecule has 4 atom stereocenters. The van der Waals surface area contributed by atoms with Crippen molar-refractivity contribution >= 4 is 5.91 Å². The first-order valence-corrected chi connectivity index (χ1v) is 7.47. The van der Waals surface area contributed by atoms with E-state index in [9.17, 15) is 9.90 Å². The second-order valence-corrected chi connectivity index (χ2v) is 6.12. The van der Waals surface area contributed by atoms with Crippen LogP contribution in [0.5, 0.6) is 0 Å². The Morgan fingerprint density at radius 3 is 2.83 bits per heavy atom. The highest BCUT2D eigenvalue weighted by Crippen LogP contribution is 2.34. The first-order chi connectivity index (χ1) is 8.79. The standard InChI is InChI=1S/C14H24N2O2/c17-9-11-5-3-7-16(11)14(18)13-8-10-4-1-2-6-12(10)15-13/h10-13,15,17H,1-9H2/t10?,11-,12?,13?/m0/s1. The van der Waals surface area contributed by atoms with Gasteiger partial charge in [0, 0.05) is 12.6 Å². The van der Waals surface area contributed by atoms with Crippen LogP contribution in [0.4, 0.5) is 0 Å². The molecule has 1 saturated carbocycles. The molecule has 0 aromatic heterocycles. The Balaban J connectivity index is 1.63. The predicted molar refractivity (Wildman–Crippen MR) is 69.1 cm³/mol. The summed E-state index contributed by atoms with van der Waals surface area (Å²) in [4.78, 5) is 14.4. The van der Waals surface area contributed by atoms with Crippen LogP contribution in [0.2, 0.25) is 0 Å². The van der Waals surface area contributed by atoms with Gasteiger partial charge in [0.2, 0.25) is 5.91 Å². The van der Waals surface area contributed by atoms with Crippen LogP contribution in [0, 0.1) is 5.92 Å². The van der Waals surface area contributed by atoms with Gasteiger partial charge in [-0.1, -0.05) is 12.8 Å². The van der Waals surface area contributed by atoms with Crippen LogP contribution in [0.15, 0.2) is 0 Å². The van der Waals surface area contributed by atoms with Gasteiger partial charge in [-0.2, -0.15) is 0 Å². The zero-order valence-electron chi connectivity index (χ0n) is 11.0. The molecular formula is C14H24N2O2. The van der Waals surface area contributed by atoms with E-state index < -0.39 is 0 Å².